The van der Waals surface area contributed by atoms with Crippen molar-refractivity contribution >= 4 is 29.0 Å². The van der Waals surface area contributed by atoms with Crippen LogP contribution < -0.4 is 16.2 Å². The highest BCUT2D eigenvalue weighted by molar-refractivity contribution is 6.36. The average molecular weight is 545 g/mol. The van der Waals surface area contributed by atoms with E-state index in [2.05, 4.69) is 15.7 Å². The normalized spacial score (nSPS) is 17.1. The van der Waals surface area contributed by atoms with Gasteiger partial charge in [-0.3, -0.25) is 14.3 Å². The van der Waals surface area contributed by atoms with Crippen LogP contribution in [0.4, 0.5) is 24.7 Å². The van der Waals surface area contributed by atoms with Crippen LogP contribution in [0.15, 0.2) is 59.4 Å². The van der Waals surface area contributed by atoms with Gasteiger partial charge >= 0.3 is 6.18 Å². The number of anilines is 2. The number of rotatable bonds is 4. The molecule has 1 amide bonds. The number of nitrogens with zero attached hydrogens (tertiary/aromatic N) is 4. The van der Waals surface area contributed by atoms with Crippen molar-refractivity contribution in [3.63, 3.8) is 0 Å². The number of halogens is 4. The number of carbonyl (C=O) groups excluding carboxylic acids is 1. The Morgan fingerprint density at radius 3 is 2.39 bits per heavy atom. The Kier molecular flexibility index (Phi) is 6.34. The van der Waals surface area contributed by atoms with Gasteiger partial charge in [0.05, 0.1) is 17.4 Å². The monoisotopic (exact) mass is 544 g/mol. The fourth-order valence-corrected chi connectivity index (χ4v) is 4.90. The molecule has 4 aromatic rings. The third-order valence-corrected chi connectivity index (χ3v) is 7.14. The molecule has 0 radical (unpaired) electrons. The number of alkyl halides is 3. The van der Waals surface area contributed by atoms with Crippen molar-refractivity contribution in [2.24, 2.45) is 7.05 Å². The topological polar surface area (TPSA) is 85.9 Å². The second-order valence-corrected chi connectivity index (χ2v) is 9.63. The van der Waals surface area contributed by atoms with Gasteiger partial charge in [-0.2, -0.15) is 18.3 Å². The zero-order chi connectivity index (χ0) is 27.4. The summed E-state index contributed by atoms with van der Waals surface area (Å²) in [5, 5.41) is 9.23. The number of nitrogens with one attached hydrogen (secondary N) is 2. The Hall–Kier alpha value is -3.99. The molecule has 3 heterocycles. The van der Waals surface area contributed by atoms with E-state index in [1.165, 1.54) is 4.68 Å². The fraction of sp³-hybridized carbons (Fsp3) is 0.269. The van der Waals surface area contributed by atoms with Crippen molar-refractivity contribution in [1.82, 2.24) is 19.1 Å². The fourth-order valence-electron chi connectivity index (χ4n) is 4.64. The molecular weight excluding hydrogens is 521 g/mol. The molecular formula is C26H24ClF3N6O2. The van der Waals surface area contributed by atoms with E-state index in [9.17, 15) is 22.8 Å². The van der Waals surface area contributed by atoms with Crippen LogP contribution in [0.1, 0.15) is 45.8 Å². The summed E-state index contributed by atoms with van der Waals surface area (Å²) in [6.45, 7) is 3.53. The van der Waals surface area contributed by atoms with Crippen LogP contribution in [0.5, 0.6) is 0 Å². The number of benzene rings is 2. The van der Waals surface area contributed by atoms with E-state index in [1.54, 1.807) is 61.1 Å². The van der Waals surface area contributed by atoms with Gasteiger partial charge < -0.3 is 10.6 Å². The molecule has 1 aliphatic heterocycles. The van der Waals surface area contributed by atoms with E-state index in [-0.39, 0.29) is 22.9 Å². The molecule has 0 fully saturated rings. The number of para-hydroxylation sites is 1. The molecule has 2 aromatic carbocycles. The molecule has 198 valence electrons. The van der Waals surface area contributed by atoms with Crippen molar-refractivity contribution in [2.45, 2.75) is 38.5 Å². The van der Waals surface area contributed by atoms with Gasteiger partial charge in [0, 0.05) is 13.5 Å². The summed E-state index contributed by atoms with van der Waals surface area (Å²) in [7, 11) is 1.66. The van der Waals surface area contributed by atoms with Gasteiger partial charge in [0.25, 0.3) is 11.5 Å². The molecule has 2 atom stereocenters. The molecule has 2 N–H and O–H groups in total. The quantitative estimate of drug-likeness (QED) is 0.352. The number of carbonyl (C=O) groups is 1. The van der Waals surface area contributed by atoms with Crippen LogP contribution in [-0.2, 0) is 7.05 Å². The van der Waals surface area contributed by atoms with Crippen LogP contribution in [0.2, 0.25) is 5.02 Å². The van der Waals surface area contributed by atoms with Crippen molar-refractivity contribution in [3.05, 3.63) is 92.5 Å². The Balaban J connectivity index is 1.51. The Morgan fingerprint density at radius 2 is 1.76 bits per heavy atom. The Bertz CT molecular complexity index is 1570. The molecule has 5 rings (SSSR count). The van der Waals surface area contributed by atoms with Crippen molar-refractivity contribution in [2.75, 3.05) is 10.6 Å². The van der Waals surface area contributed by atoms with Gasteiger partial charge in [0.1, 0.15) is 16.5 Å². The maximum atomic E-state index is 14.1. The Labute approximate surface area is 220 Å². The number of hydrogen-bond donors (Lipinski definition) is 2. The molecule has 0 saturated carbocycles. The molecule has 2 aromatic heterocycles. The number of fused-ring (bicyclic) bond motifs is 1. The van der Waals surface area contributed by atoms with E-state index in [1.807, 2.05) is 19.1 Å². The molecule has 1 aliphatic rings. The lowest BCUT2D eigenvalue weighted by atomic mass is 9.96. The SMILES string of the molecule is Cc1ccc([C@@H]2C[C@@H](C(F)(F)F)n3nc(C(=O)Nc4c(C)n(C)n(-c5ccccc5)c4=O)c(Cl)c3N2)cc1. The molecule has 38 heavy (non-hydrogen) atoms. The molecule has 8 nitrogen and oxygen atoms in total. The molecule has 0 saturated heterocycles. The van der Waals surface area contributed by atoms with E-state index in [0.29, 0.717) is 21.6 Å². The maximum absolute atomic E-state index is 14.1. The summed E-state index contributed by atoms with van der Waals surface area (Å²) < 4.78 is 45.9. The third-order valence-electron chi connectivity index (χ3n) is 6.78. The summed E-state index contributed by atoms with van der Waals surface area (Å²) in [5.74, 6) is -1.00. The molecule has 0 spiro atoms. The molecule has 12 heteroatoms. The zero-order valence-electron chi connectivity index (χ0n) is 20.7. The van der Waals surface area contributed by atoms with Gasteiger partial charge in [0.2, 0.25) is 0 Å². The highest BCUT2D eigenvalue weighted by atomic mass is 35.5. The van der Waals surface area contributed by atoms with E-state index in [4.69, 9.17) is 11.6 Å². The molecule has 0 unspecified atom stereocenters. The van der Waals surface area contributed by atoms with Crippen molar-refractivity contribution in [1.29, 1.82) is 0 Å². The van der Waals surface area contributed by atoms with E-state index in [0.717, 1.165) is 5.56 Å². The minimum absolute atomic E-state index is 0.0266. The summed E-state index contributed by atoms with van der Waals surface area (Å²) in [6.07, 6.45) is -4.97. The number of hydrogen-bond acceptors (Lipinski definition) is 4. The standard InChI is InChI=1S/C26H24ClF3N6O2/c1-14-9-11-16(12-10-14)18-13-19(26(28,29)30)35-23(31-18)20(27)22(33-35)24(37)32-21-15(2)34(3)36(25(21)38)17-7-5-4-6-8-17/h4-12,18-19,31H,13H2,1-3H3,(H,32,37)/t18-,19-/m0/s1. The summed E-state index contributed by atoms with van der Waals surface area (Å²) in [6, 6.07) is 13.3. The predicted octanol–water partition coefficient (Wildman–Crippen LogP) is 5.56. The summed E-state index contributed by atoms with van der Waals surface area (Å²) >= 11 is 6.45. The zero-order valence-corrected chi connectivity index (χ0v) is 21.4. The van der Waals surface area contributed by atoms with Crippen LogP contribution in [0.3, 0.4) is 0 Å². The first-order valence-corrected chi connectivity index (χ1v) is 12.2. The van der Waals surface area contributed by atoms with Gasteiger partial charge in [-0.05, 0) is 31.5 Å². The van der Waals surface area contributed by atoms with Crippen LogP contribution >= 0.6 is 11.6 Å². The number of aryl methyl sites for hydroxylation is 1. The Morgan fingerprint density at radius 1 is 1.11 bits per heavy atom. The second-order valence-electron chi connectivity index (χ2n) is 9.25. The van der Waals surface area contributed by atoms with Gasteiger partial charge in [-0.15, -0.1) is 0 Å². The highest BCUT2D eigenvalue weighted by Crippen LogP contribution is 2.46. The lowest BCUT2D eigenvalue weighted by Crippen LogP contribution is -2.35. The minimum Gasteiger partial charge on any atom is -0.362 e. The summed E-state index contributed by atoms with van der Waals surface area (Å²) in [5.41, 5.74) is 1.71. The molecule has 0 bridgehead atoms. The minimum atomic E-state index is -4.64. The first-order chi connectivity index (χ1) is 18.0. The lowest BCUT2D eigenvalue weighted by Gasteiger charge is -2.33. The van der Waals surface area contributed by atoms with Crippen LogP contribution in [0, 0.1) is 13.8 Å². The third kappa shape index (κ3) is 4.36. The maximum Gasteiger partial charge on any atom is 0.410 e. The van der Waals surface area contributed by atoms with Gasteiger partial charge in [-0.25, -0.2) is 9.36 Å². The smallest absolute Gasteiger partial charge is 0.362 e. The van der Waals surface area contributed by atoms with E-state index >= 15 is 0 Å². The number of amides is 1. The first kappa shape index (κ1) is 25.7. The van der Waals surface area contributed by atoms with E-state index < -0.39 is 35.4 Å². The number of aromatic nitrogens is 4. The lowest BCUT2D eigenvalue weighted by molar-refractivity contribution is -0.173. The molecule has 0 aliphatic carbocycles. The summed E-state index contributed by atoms with van der Waals surface area (Å²) in [4.78, 5) is 26.4. The van der Waals surface area contributed by atoms with Crippen LogP contribution in [-0.4, -0.2) is 31.2 Å². The van der Waals surface area contributed by atoms with Gasteiger partial charge in [-0.1, -0.05) is 59.6 Å². The average Bonchev–Trinajstić information content (AvgIpc) is 3.32. The predicted molar refractivity (Wildman–Crippen MR) is 138 cm³/mol. The van der Waals surface area contributed by atoms with Crippen molar-refractivity contribution in [3.8, 4) is 5.69 Å². The first-order valence-electron chi connectivity index (χ1n) is 11.8. The van der Waals surface area contributed by atoms with Gasteiger partial charge in [0.15, 0.2) is 11.7 Å². The second kappa shape index (κ2) is 9.39. The largest absolute Gasteiger partial charge is 0.410 e. The van der Waals surface area contributed by atoms with Crippen molar-refractivity contribution < 1.29 is 18.0 Å². The van der Waals surface area contributed by atoms with Crippen LogP contribution in [0.25, 0.3) is 5.69 Å². The highest BCUT2D eigenvalue weighted by Gasteiger charge is 2.48.